The Kier molecular flexibility index (Phi) is 3.60. The zero-order valence-electron chi connectivity index (χ0n) is 9.89. The Morgan fingerprint density at radius 3 is 2.55 bits per heavy atom. The van der Waals surface area contributed by atoms with E-state index in [1.54, 1.807) is 0 Å². The summed E-state index contributed by atoms with van der Waals surface area (Å²) in [4.78, 5) is 14.5. The summed E-state index contributed by atoms with van der Waals surface area (Å²) in [7, 11) is 0. The van der Waals surface area contributed by atoms with Crippen LogP contribution in [0, 0.1) is 0 Å². The van der Waals surface area contributed by atoms with Crippen LogP contribution >= 0.6 is 0 Å². The van der Waals surface area contributed by atoms with Crippen molar-refractivity contribution in [1.82, 2.24) is 4.98 Å². The van der Waals surface area contributed by atoms with Gasteiger partial charge in [-0.25, -0.2) is 4.79 Å². The Labute approximate surface area is 111 Å². The number of hydrogen-bond acceptors (Lipinski definition) is 3. The first-order chi connectivity index (χ1) is 9.37. The minimum Gasteiger partial charge on any atom is -0.478 e. The van der Waals surface area contributed by atoms with Gasteiger partial charge in [0.2, 0.25) is 0 Å². The van der Waals surface area contributed by atoms with E-state index in [2.05, 4.69) is 9.72 Å². The van der Waals surface area contributed by atoms with Gasteiger partial charge >= 0.3 is 12.3 Å². The lowest BCUT2D eigenvalue weighted by atomic mass is 10.1. The molecule has 104 valence electrons. The molecule has 2 rings (SSSR count). The van der Waals surface area contributed by atoms with E-state index in [4.69, 9.17) is 5.11 Å². The number of rotatable bonds is 3. The molecule has 1 aromatic carbocycles. The van der Waals surface area contributed by atoms with E-state index in [1.165, 1.54) is 30.5 Å². The maximum atomic E-state index is 12.3. The highest BCUT2D eigenvalue weighted by molar-refractivity contribution is 5.89. The number of pyridine rings is 1. The molecule has 7 heteroatoms. The van der Waals surface area contributed by atoms with Gasteiger partial charge in [-0.15, -0.1) is 13.2 Å². The lowest BCUT2D eigenvalue weighted by Gasteiger charge is -2.13. The average molecular weight is 283 g/mol. The largest absolute Gasteiger partial charge is 0.573 e. The SMILES string of the molecule is O=C(O)c1cncc(-c2ccccc2OC(F)(F)F)c1. The zero-order chi connectivity index (χ0) is 14.8. The lowest BCUT2D eigenvalue weighted by Crippen LogP contribution is -2.17. The van der Waals surface area contributed by atoms with E-state index in [9.17, 15) is 18.0 Å². The summed E-state index contributed by atoms with van der Waals surface area (Å²) in [6, 6.07) is 6.68. The number of carboxylic acids is 1. The van der Waals surface area contributed by atoms with Crippen LogP contribution in [0.25, 0.3) is 11.1 Å². The fourth-order valence-electron chi connectivity index (χ4n) is 1.62. The second-order valence-electron chi connectivity index (χ2n) is 3.81. The van der Waals surface area contributed by atoms with Gasteiger partial charge in [0.1, 0.15) is 5.75 Å². The third-order valence-corrected chi connectivity index (χ3v) is 2.41. The normalized spacial score (nSPS) is 11.2. The fourth-order valence-corrected chi connectivity index (χ4v) is 1.62. The van der Waals surface area contributed by atoms with Crippen molar-refractivity contribution in [2.45, 2.75) is 6.36 Å². The van der Waals surface area contributed by atoms with Crippen LogP contribution in [0.1, 0.15) is 10.4 Å². The van der Waals surface area contributed by atoms with Crippen LogP contribution in [0.4, 0.5) is 13.2 Å². The minimum absolute atomic E-state index is 0.112. The summed E-state index contributed by atoms with van der Waals surface area (Å²) in [5.74, 6) is -1.63. The molecular weight excluding hydrogens is 275 g/mol. The Hall–Kier alpha value is -2.57. The molecule has 0 fully saturated rings. The molecule has 0 aliphatic carbocycles. The fraction of sp³-hybridized carbons (Fsp3) is 0.0769. The number of carbonyl (C=O) groups is 1. The summed E-state index contributed by atoms with van der Waals surface area (Å²) in [6.45, 7) is 0. The number of hydrogen-bond donors (Lipinski definition) is 1. The number of aromatic nitrogens is 1. The first-order valence-corrected chi connectivity index (χ1v) is 5.40. The Morgan fingerprint density at radius 1 is 1.20 bits per heavy atom. The molecule has 20 heavy (non-hydrogen) atoms. The van der Waals surface area contributed by atoms with E-state index < -0.39 is 18.1 Å². The summed E-state index contributed by atoms with van der Waals surface area (Å²) in [6.07, 6.45) is -2.45. The number of para-hydroxylation sites is 1. The molecular formula is C13H8F3NO3. The predicted octanol–water partition coefficient (Wildman–Crippen LogP) is 3.35. The number of halogens is 3. The van der Waals surface area contributed by atoms with Crippen molar-refractivity contribution >= 4 is 5.97 Å². The van der Waals surface area contributed by atoms with Gasteiger partial charge in [-0.1, -0.05) is 18.2 Å². The average Bonchev–Trinajstić information content (AvgIpc) is 2.37. The van der Waals surface area contributed by atoms with Gasteiger partial charge in [0.05, 0.1) is 5.56 Å². The maximum Gasteiger partial charge on any atom is 0.573 e. The van der Waals surface area contributed by atoms with Crippen molar-refractivity contribution in [3.8, 4) is 16.9 Å². The van der Waals surface area contributed by atoms with Gasteiger partial charge in [0.25, 0.3) is 0 Å². The van der Waals surface area contributed by atoms with Crippen molar-refractivity contribution in [1.29, 1.82) is 0 Å². The van der Waals surface area contributed by atoms with Gasteiger partial charge in [-0.3, -0.25) is 4.98 Å². The second kappa shape index (κ2) is 5.20. The molecule has 2 aromatic rings. The molecule has 0 radical (unpaired) electrons. The van der Waals surface area contributed by atoms with Crippen molar-refractivity contribution in [2.75, 3.05) is 0 Å². The molecule has 0 saturated carbocycles. The number of aromatic carboxylic acids is 1. The van der Waals surface area contributed by atoms with Crippen LogP contribution in [0.15, 0.2) is 42.7 Å². The molecule has 1 heterocycles. The standard InChI is InChI=1S/C13H8F3NO3/c14-13(15,16)20-11-4-2-1-3-10(11)8-5-9(12(18)19)7-17-6-8/h1-7H,(H,18,19). The predicted molar refractivity (Wildman–Crippen MR) is 63.3 cm³/mol. The molecule has 0 saturated heterocycles. The van der Waals surface area contributed by atoms with E-state index in [0.29, 0.717) is 0 Å². The molecule has 1 N–H and O–H groups in total. The number of ether oxygens (including phenoxy) is 1. The molecule has 4 nitrogen and oxygen atoms in total. The summed E-state index contributed by atoms with van der Waals surface area (Å²) < 4.78 is 40.9. The Morgan fingerprint density at radius 2 is 1.90 bits per heavy atom. The van der Waals surface area contributed by atoms with Gasteiger partial charge in [-0.05, 0) is 12.1 Å². The molecule has 1 aromatic heterocycles. The lowest BCUT2D eigenvalue weighted by molar-refractivity contribution is -0.274. The monoisotopic (exact) mass is 283 g/mol. The Bertz CT molecular complexity index is 641. The van der Waals surface area contributed by atoms with Crippen molar-refractivity contribution in [3.63, 3.8) is 0 Å². The molecule has 0 bridgehead atoms. The third-order valence-electron chi connectivity index (χ3n) is 2.41. The number of carboxylic acid groups (broad SMARTS) is 1. The molecule has 0 atom stereocenters. The molecule has 0 spiro atoms. The number of alkyl halides is 3. The molecule has 0 amide bonds. The quantitative estimate of drug-likeness (QED) is 0.938. The van der Waals surface area contributed by atoms with E-state index >= 15 is 0 Å². The van der Waals surface area contributed by atoms with Crippen molar-refractivity contribution < 1.29 is 27.8 Å². The highest BCUT2D eigenvalue weighted by atomic mass is 19.4. The van der Waals surface area contributed by atoms with Gasteiger partial charge < -0.3 is 9.84 Å². The maximum absolute atomic E-state index is 12.3. The first-order valence-electron chi connectivity index (χ1n) is 5.40. The van der Waals surface area contributed by atoms with Crippen LogP contribution in [-0.2, 0) is 0 Å². The molecule has 0 aliphatic rings. The van der Waals surface area contributed by atoms with Crippen LogP contribution in [0.5, 0.6) is 5.75 Å². The number of nitrogens with zero attached hydrogens (tertiary/aromatic N) is 1. The van der Waals surface area contributed by atoms with E-state index in [1.807, 2.05) is 0 Å². The first kappa shape index (κ1) is 13.9. The van der Waals surface area contributed by atoms with E-state index in [0.717, 1.165) is 12.3 Å². The summed E-state index contributed by atoms with van der Waals surface area (Å²) in [5, 5.41) is 8.86. The Balaban J connectivity index is 2.47. The van der Waals surface area contributed by atoms with Crippen LogP contribution < -0.4 is 4.74 Å². The second-order valence-corrected chi connectivity index (χ2v) is 3.81. The highest BCUT2D eigenvalue weighted by Gasteiger charge is 2.32. The molecule has 0 aliphatic heterocycles. The van der Waals surface area contributed by atoms with Crippen molar-refractivity contribution in [3.05, 3.63) is 48.3 Å². The number of benzene rings is 1. The zero-order valence-corrected chi connectivity index (χ0v) is 9.89. The van der Waals surface area contributed by atoms with Crippen LogP contribution in [-0.4, -0.2) is 22.4 Å². The van der Waals surface area contributed by atoms with E-state index in [-0.39, 0.29) is 16.7 Å². The summed E-state index contributed by atoms with van der Waals surface area (Å²) in [5.41, 5.74) is 0.217. The van der Waals surface area contributed by atoms with Gasteiger partial charge in [0.15, 0.2) is 0 Å². The summed E-state index contributed by atoms with van der Waals surface area (Å²) >= 11 is 0. The van der Waals surface area contributed by atoms with Gasteiger partial charge in [-0.2, -0.15) is 0 Å². The van der Waals surface area contributed by atoms with Crippen LogP contribution in [0.2, 0.25) is 0 Å². The molecule has 0 unspecified atom stereocenters. The minimum atomic E-state index is -4.83. The van der Waals surface area contributed by atoms with Crippen molar-refractivity contribution in [2.24, 2.45) is 0 Å². The third kappa shape index (κ3) is 3.25. The highest BCUT2D eigenvalue weighted by Crippen LogP contribution is 2.33. The van der Waals surface area contributed by atoms with Gasteiger partial charge in [0, 0.05) is 23.5 Å². The van der Waals surface area contributed by atoms with Crippen LogP contribution in [0.3, 0.4) is 0 Å². The smallest absolute Gasteiger partial charge is 0.478 e. The topological polar surface area (TPSA) is 59.4 Å².